The zero-order chi connectivity index (χ0) is 11.6. The second-order valence-electron chi connectivity index (χ2n) is 5.36. The number of nitrogens with zero attached hydrogens (tertiary/aromatic N) is 2. The Labute approximate surface area is 98.4 Å². The van der Waals surface area contributed by atoms with Crippen LogP contribution in [0.5, 0.6) is 0 Å². The molecule has 2 aliphatic rings. The maximum atomic E-state index is 9.58. The summed E-state index contributed by atoms with van der Waals surface area (Å²) in [6.45, 7) is 6.36. The van der Waals surface area contributed by atoms with Crippen LogP contribution in [-0.4, -0.2) is 35.7 Å². The van der Waals surface area contributed by atoms with Crippen LogP contribution in [0.15, 0.2) is 0 Å². The van der Waals surface area contributed by atoms with Crippen molar-refractivity contribution in [2.45, 2.75) is 63.7 Å². The molecule has 0 aliphatic carbocycles. The molecule has 0 aromatic carbocycles. The lowest BCUT2D eigenvalue weighted by atomic mass is 9.82. The van der Waals surface area contributed by atoms with Crippen molar-refractivity contribution in [2.75, 3.05) is 13.1 Å². The third-order valence-electron chi connectivity index (χ3n) is 3.88. The van der Waals surface area contributed by atoms with Crippen molar-refractivity contribution < 1.29 is 4.74 Å². The minimum atomic E-state index is -0.252. The van der Waals surface area contributed by atoms with Crippen LogP contribution >= 0.6 is 0 Å². The Balaban J connectivity index is 2.14. The van der Waals surface area contributed by atoms with Gasteiger partial charge in [-0.2, -0.15) is 5.26 Å². The lowest BCUT2D eigenvalue weighted by Gasteiger charge is -2.46. The van der Waals surface area contributed by atoms with E-state index in [4.69, 9.17) is 4.74 Å². The van der Waals surface area contributed by atoms with Crippen LogP contribution in [0.4, 0.5) is 0 Å². The summed E-state index contributed by atoms with van der Waals surface area (Å²) in [7, 11) is 0. The molecule has 2 heterocycles. The fraction of sp³-hybridized carbons (Fsp3) is 0.923. The number of nitriles is 1. The average Bonchev–Trinajstić information content (AvgIpc) is 2.29. The predicted octanol–water partition coefficient (Wildman–Crippen LogP) is 2.32. The monoisotopic (exact) mass is 222 g/mol. The first-order chi connectivity index (χ1) is 7.66. The van der Waals surface area contributed by atoms with Crippen LogP contribution in [0, 0.1) is 11.3 Å². The first-order valence-corrected chi connectivity index (χ1v) is 6.48. The van der Waals surface area contributed by atoms with Crippen LogP contribution in [0.1, 0.15) is 46.0 Å². The van der Waals surface area contributed by atoms with E-state index in [9.17, 15) is 5.26 Å². The highest BCUT2D eigenvalue weighted by Gasteiger charge is 2.43. The van der Waals surface area contributed by atoms with Gasteiger partial charge in [0.25, 0.3) is 0 Å². The second-order valence-corrected chi connectivity index (χ2v) is 5.36. The van der Waals surface area contributed by atoms with Crippen molar-refractivity contribution in [3.8, 4) is 6.07 Å². The molecule has 0 bridgehead atoms. The van der Waals surface area contributed by atoms with Crippen molar-refractivity contribution >= 4 is 0 Å². The summed E-state index contributed by atoms with van der Waals surface area (Å²) < 4.78 is 5.76. The molecule has 0 amide bonds. The van der Waals surface area contributed by atoms with Crippen LogP contribution in [-0.2, 0) is 4.74 Å². The summed E-state index contributed by atoms with van der Waals surface area (Å²) in [5.41, 5.74) is -0.252. The highest BCUT2D eigenvalue weighted by Crippen LogP contribution is 2.35. The third kappa shape index (κ3) is 2.23. The fourth-order valence-corrected chi connectivity index (χ4v) is 3.27. The number of rotatable bonds is 1. The predicted molar refractivity (Wildman–Crippen MR) is 63.0 cm³/mol. The summed E-state index contributed by atoms with van der Waals surface area (Å²) >= 11 is 0. The number of hydrogen-bond donors (Lipinski definition) is 0. The first-order valence-electron chi connectivity index (χ1n) is 6.48. The third-order valence-corrected chi connectivity index (χ3v) is 3.88. The number of hydrogen-bond acceptors (Lipinski definition) is 3. The summed E-state index contributed by atoms with van der Waals surface area (Å²) in [6, 6.07) is 2.59. The van der Waals surface area contributed by atoms with Gasteiger partial charge in [0.2, 0.25) is 0 Å². The molecule has 2 aliphatic heterocycles. The molecule has 2 saturated heterocycles. The Morgan fingerprint density at radius 1 is 1.12 bits per heavy atom. The van der Waals surface area contributed by atoms with Gasteiger partial charge in [-0.1, -0.05) is 6.42 Å². The molecule has 2 rings (SSSR count). The van der Waals surface area contributed by atoms with E-state index in [-0.39, 0.29) is 17.7 Å². The lowest BCUT2D eigenvalue weighted by molar-refractivity contribution is -0.0901. The average molecular weight is 222 g/mol. The maximum Gasteiger partial charge on any atom is 0.114 e. The van der Waals surface area contributed by atoms with E-state index >= 15 is 0 Å². The molecule has 16 heavy (non-hydrogen) atoms. The van der Waals surface area contributed by atoms with E-state index in [1.807, 2.05) is 0 Å². The molecule has 0 saturated carbocycles. The van der Waals surface area contributed by atoms with Gasteiger partial charge in [-0.25, -0.2) is 0 Å². The molecule has 90 valence electrons. The van der Waals surface area contributed by atoms with E-state index in [2.05, 4.69) is 24.8 Å². The van der Waals surface area contributed by atoms with E-state index in [1.165, 1.54) is 19.3 Å². The molecule has 0 aromatic rings. The minimum Gasteiger partial charge on any atom is -0.375 e. The van der Waals surface area contributed by atoms with Gasteiger partial charge in [-0.15, -0.1) is 0 Å². The highest BCUT2D eigenvalue weighted by molar-refractivity contribution is 5.12. The second kappa shape index (κ2) is 4.73. The van der Waals surface area contributed by atoms with Gasteiger partial charge in [-0.05, 0) is 39.8 Å². The van der Waals surface area contributed by atoms with Crippen LogP contribution in [0.25, 0.3) is 0 Å². The van der Waals surface area contributed by atoms with Gasteiger partial charge in [-0.3, -0.25) is 4.90 Å². The maximum absolute atomic E-state index is 9.58. The van der Waals surface area contributed by atoms with Crippen molar-refractivity contribution in [3.05, 3.63) is 0 Å². The molecule has 0 N–H and O–H groups in total. The van der Waals surface area contributed by atoms with Crippen molar-refractivity contribution in [1.29, 1.82) is 5.26 Å². The number of piperidine rings is 1. The quantitative estimate of drug-likeness (QED) is 0.683. The molecule has 2 unspecified atom stereocenters. The SMILES string of the molecule is CC1CC(C#N)(N2CCCCC2)CC(C)O1. The number of likely N-dealkylation sites (tertiary alicyclic amines) is 1. The summed E-state index contributed by atoms with van der Waals surface area (Å²) in [4.78, 5) is 2.41. The molecule has 0 aromatic heterocycles. The Kier molecular flexibility index (Phi) is 3.51. The van der Waals surface area contributed by atoms with Gasteiger partial charge < -0.3 is 4.74 Å². The van der Waals surface area contributed by atoms with Crippen LogP contribution in [0.2, 0.25) is 0 Å². The molecule has 3 heteroatoms. The normalized spacial score (nSPS) is 41.6. The van der Waals surface area contributed by atoms with Crippen molar-refractivity contribution in [2.24, 2.45) is 0 Å². The Bertz CT molecular complexity index is 268. The van der Waals surface area contributed by atoms with Gasteiger partial charge in [0.05, 0.1) is 18.3 Å². The topological polar surface area (TPSA) is 36.3 Å². The zero-order valence-corrected chi connectivity index (χ0v) is 10.4. The lowest BCUT2D eigenvalue weighted by Crippen LogP contribution is -2.56. The van der Waals surface area contributed by atoms with Gasteiger partial charge >= 0.3 is 0 Å². The Morgan fingerprint density at radius 2 is 1.69 bits per heavy atom. The minimum absolute atomic E-state index is 0.213. The highest BCUT2D eigenvalue weighted by atomic mass is 16.5. The standard InChI is InChI=1S/C13H22N2O/c1-11-8-13(10-14,9-12(2)16-11)15-6-4-3-5-7-15/h11-12H,3-9H2,1-2H3. The number of ether oxygens (including phenoxy) is 1. The van der Waals surface area contributed by atoms with Gasteiger partial charge in [0.1, 0.15) is 5.54 Å². The van der Waals surface area contributed by atoms with Gasteiger partial charge in [0.15, 0.2) is 0 Å². The van der Waals surface area contributed by atoms with Gasteiger partial charge in [0, 0.05) is 12.8 Å². The molecule has 2 fully saturated rings. The smallest absolute Gasteiger partial charge is 0.114 e. The zero-order valence-electron chi connectivity index (χ0n) is 10.4. The molecule has 0 radical (unpaired) electrons. The van der Waals surface area contributed by atoms with E-state index in [0.717, 1.165) is 25.9 Å². The first kappa shape index (κ1) is 11.9. The molecular formula is C13H22N2O. The van der Waals surface area contributed by atoms with Crippen molar-refractivity contribution in [3.63, 3.8) is 0 Å². The largest absolute Gasteiger partial charge is 0.375 e. The Morgan fingerprint density at radius 3 is 2.19 bits per heavy atom. The van der Waals surface area contributed by atoms with Crippen molar-refractivity contribution in [1.82, 2.24) is 4.90 Å². The fourth-order valence-electron chi connectivity index (χ4n) is 3.27. The Hall–Kier alpha value is -0.590. The molecule has 3 nitrogen and oxygen atoms in total. The van der Waals surface area contributed by atoms with E-state index in [1.54, 1.807) is 0 Å². The van der Waals surface area contributed by atoms with E-state index in [0.29, 0.717) is 0 Å². The molecular weight excluding hydrogens is 200 g/mol. The summed E-state index contributed by atoms with van der Waals surface area (Å²) in [6.07, 6.45) is 5.97. The molecule has 2 atom stereocenters. The van der Waals surface area contributed by atoms with E-state index < -0.39 is 0 Å². The summed E-state index contributed by atoms with van der Waals surface area (Å²) in [5.74, 6) is 0. The summed E-state index contributed by atoms with van der Waals surface area (Å²) in [5, 5.41) is 9.58. The van der Waals surface area contributed by atoms with Crippen LogP contribution < -0.4 is 0 Å². The van der Waals surface area contributed by atoms with Crippen LogP contribution in [0.3, 0.4) is 0 Å². The molecule has 0 spiro atoms.